The zero-order chi connectivity index (χ0) is 19.1. The van der Waals surface area contributed by atoms with Crippen LogP contribution in [0.3, 0.4) is 0 Å². The van der Waals surface area contributed by atoms with Gasteiger partial charge in [0.25, 0.3) is 0 Å². The zero-order valence-corrected chi connectivity index (χ0v) is 16.7. The molecule has 3 aromatic carbocycles. The average Bonchev–Trinajstić information content (AvgIpc) is 2.67. The maximum absolute atomic E-state index is 3.55. The quantitative estimate of drug-likeness (QED) is 0.579. The van der Waals surface area contributed by atoms with Crippen molar-refractivity contribution in [3.8, 4) is 0 Å². The molecule has 0 saturated heterocycles. The first-order valence-corrected chi connectivity index (χ1v) is 9.71. The molecule has 2 N–H and O–H groups in total. The van der Waals surface area contributed by atoms with Crippen LogP contribution in [0.2, 0.25) is 0 Å². The number of hydrogen-bond donors (Lipinski definition) is 2. The van der Waals surface area contributed by atoms with Crippen molar-refractivity contribution in [2.75, 3.05) is 0 Å². The molecule has 0 atom stereocenters. The highest BCUT2D eigenvalue weighted by Gasteiger charge is 2.01. The van der Waals surface area contributed by atoms with Gasteiger partial charge >= 0.3 is 0 Å². The largest absolute Gasteiger partial charge is 0.309 e. The van der Waals surface area contributed by atoms with Crippen molar-refractivity contribution in [3.05, 3.63) is 106 Å². The fraction of sp³-hybridized carbons (Fsp3) is 0.280. The van der Waals surface area contributed by atoms with Crippen LogP contribution in [0, 0.1) is 20.8 Å². The molecule has 140 valence electrons. The normalized spacial score (nSPS) is 10.9. The summed E-state index contributed by atoms with van der Waals surface area (Å²) in [4.78, 5) is 0. The van der Waals surface area contributed by atoms with Gasteiger partial charge in [-0.05, 0) is 48.6 Å². The maximum atomic E-state index is 3.55. The van der Waals surface area contributed by atoms with Crippen LogP contribution in [0.25, 0.3) is 0 Å². The molecule has 0 aliphatic carbocycles. The fourth-order valence-electron chi connectivity index (χ4n) is 3.17. The molecule has 0 fully saturated rings. The molecule has 2 nitrogen and oxygen atoms in total. The molecule has 0 saturated carbocycles. The van der Waals surface area contributed by atoms with Gasteiger partial charge in [0.2, 0.25) is 0 Å². The number of nitrogens with one attached hydrogen (secondary N) is 2. The Balaban J connectivity index is 1.46. The summed E-state index contributed by atoms with van der Waals surface area (Å²) in [5, 5.41) is 7.09. The van der Waals surface area contributed by atoms with E-state index in [4.69, 9.17) is 0 Å². The second-order valence-electron chi connectivity index (χ2n) is 7.44. The lowest BCUT2D eigenvalue weighted by Crippen LogP contribution is -2.15. The monoisotopic (exact) mass is 358 g/mol. The highest BCUT2D eigenvalue weighted by Crippen LogP contribution is 2.12. The lowest BCUT2D eigenvalue weighted by atomic mass is 10.0. The lowest BCUT2D eigenvalue weighted by Gasteiger charge is -2.11. The van der Waals surface area contributed by atoms with E-state index in [1.165, 1.54) is 38.9 Å². The molecule has 3 rings (SSSR count). The third-order valence-corrected chi connectivity index (χ3v) is 4.95. The van der Waals surface area contributed by atoms with Gasteiger partial charge in [-0.15, -0.1) is 0 Å². The molecule has 3 aromatic rings. The minimum absolute atomic E-state index is 0.895. The van der Waals surface area contributed by atoms with Crippen LogP contribution in [-0.2, 0) is 26.2 Å². The smallest absolute Gasteiger partial charge is 0.0211 e. The van der Waals surface area contributed by atoms with Crippen molar-refractivity contribution in [1.82, 2.24) is 10.6 Å². The van der Waals surface area contributed by atoms with E-state index in [0.29, 0.717) is 0 Å². The molecule has 0 spiro atoms. The molecular formula is C25H30N2. The predicted octanol–water partition coefficient (Wildman–Crippen LogP) is 5.19. The van der Waals surface area contributed by atoms with E-state index in [1.807, 2.05) is 0 Å². The summed E-state index contributed by atoms with van der Waals surface area (Å²) >= 11 is 0. The minimum atomic E-state index is 0.895. The van der Waals surface area contributed by atoms with Gasteiger partial charge in [-0.3, -0.25) is 0 Å². The van der Waals surface area contributed by atoms with E-state index < -0.39 is 0 Å². The van der Waals surface area contributed by atoms with Gasteiger partial charge in [0.1, 0.15) is 0 Å². The Hall–Kier alpha value is -2.42. The Bertz CT molecular complexity index is 848. The Labute approximate surface area is 163 Å². The number of benzene rings is 3. The van der Waals surface area contributed by atoms with E-state index in [9.17, 15) is 0 Å². The Morgan fingerprint density at radius 2 is 0.963 bits per heavy atom. The van der Waals surface area contributed by atoms with Crippen molar-refractivity contribution in [1.29, 1.82) is 0 Å². The van der Waals surface area contributed by atoms with Crippen molar-refractivity contribution in [2.24, 2.45) is 0 Å². The predicted molar refractivity (Wildman–Crippen MR) is 115 cm³/mol. The zero-order valence-electron chi connectivity index (χ0n) is 16.7. The summed E-state index contributed by atoms with van der Waals surface area (Å²) < 4.78 is 0. The molecule has 0 bridgehead atoms. The van der Waals surface area contributed by atoms with Gasteiger partial charge in [-0.25, -0.2) is 0 Å². The van der Waals surface area contributed by atoms with Crippen LogP contribution in [-0.4, -0.2) is 0 Å². The molecule has 0 unspecified atom stereocenters. The SMILES string of the molecule is Cc1ccc(CNCc2ccc(CNCc3ccc(C)cc3)c(C)c2)cc1. The van der Waals surface area contributed by atoms with E-state index in [-0.39, 0.29) is 0 Å². The van der Waals surface area contributed by atoms with Gasteiger partial charge in [0, 0.05) is 26.2 Å². The van der Waals surface area contributed by atoms with Gasteiger partial charge in [0.05, 0.1) is 0 Å². The number of hydrogen-bond acceptors (Lipinski definition) is 2. The Kier molecular flexibility index (Phi) is 6.80. The number of rotatable bonds is 8. The van der Waals surface area contributed by atoms with Crippen LogP contribution in [0.15, 0.2) is 66.7 Å². The van der Waals surface area contributed by atoms with Crippen LogP contribution < -0.4 is 10.6 Å². The first kappa shape index (κ1) is 19.3. The maximum Gasteiger partial charge on any atom is 0.0211 e. The summed E-state index contributed by atoms with van der Waals surface area (Å²) in [5.74, 6) is 0. The van der Waals surface area contributed by atoms with Crippen LogP contribution in [0.5, 0.6) is 0 Å². The van der Waals surface area contributed by atoms with E-state index in [2.05, 4.69) is 98.1 Å². The Morgan fingerprint density at radius 1 is 0.519 bits per heavy atom. The summed E-state index contributed by atoms with van der Waals surface area (Å²) in [6.45, 7) is 10.0. The van der Waals surface area contributed by atoms with Gasteiger partial charge in [-0.2, -0.15) is 0 Å². The summed E-state index contributed by atoms with van der Waals surface area (Å²) in [6.07, 6.45) is 0. The third kappa shape index (κ3) is 6.06. The topological polar surface area (TPSA) is 24.1 Å². The van der Waals surface area contributed by atoms with Gasteiger partial charge in [-0.1, -0.05) is 77.9 Å². The second-order valence-corrected chi connectivity index (χ2v) is 7.44. The van der Waals surface area contributed by atoms with E-state index >= 15 is 0 Å². The molecule has 0 amide bonds. The third-order valence-electron chi connectivity index (χ3n) is 4.95. The molecule has 2 heteroatoms. The van der Waals surface area contributed by atoms with Crippen molar-refractivity contribution < 1.29 is 0 Å². The lowest BCUT2D eigenvalue weighted by molar-refractivity contribution is 0.683. The Morgan fingerprint density at radius 3 is 1.48 bits per heavy atom. The molecular weight excluding hydrogens is 328 g/mol. The summed E-state index contributed by atoms with van der Waals surface area (Å²) in [7, 11) is 0. The molecule has 0 aliphatic heterocycles. The van der Waals surface area contributed by atoms with Gasteiger partial charge in [0.15, 0.2) is 0 Å². The highest BCUT2D eigenvalue weighted by atomic mass is 14.9. The van der Waals surface area contributed by atoms with Crippen LogP contribution in [0.1, 0.15) is 38.9 Å². The fourth-order valence-corrected chi connectivity index (χ4v) is 3.17. The van der Waals surface area contributed by atoms with Crippen LogP contribution >= 0.6 is 0 Å². The minimum Gasteiger partial charge on any atom is -0.309 e. The molecule has 0 heterocycles. The van der Waals surface area contributed by atoms with E-state index in [1.54, 1.807) is 0 Å². The van der Waals surface area contributed by atoms with Crippen molar-refractivity contribution >= 4 is 0 Å². The molecule has 0 radical (unpaired) electrons. The first-order valence-electron chi connectivity index (χ1n) is 9.71. The molecule has 0 aliphatic rings. The van der Waals surface area contributed by atoms with Gasteiger partial charge < -0.3 is 10.6 Å². The standard InChI is InChI=1S/C25H30N2/c1-19-4-8-22(9-5-19)15-26-17-24-12-13-25(21(3)14-24)18-27-16-23-10-6-20(2)7-11-23/h4-14,26-27H,15-18H2,1-3H3. The first-order chi connectivity index (χ1) is 13.1. The van der Waals surface area contributed by atoms with Crippen molar-refractivity contribution in [2.45, 2.75) is 47.0 Å². The second kappa shape index (κ2) is 9.50. The molecule has 0 aromatic heterocycles. The number of aryl methyl sites for hydroxylation is 3. The summed E-state index contributed by atoms with van der Waals surface area (Å²) in [5.41, 5.74) is 9.32. The average molecular weight is 359 g/mol. The summed E-state index contributed by atoms with van der Waals surface area (Å²) in [6, 6.07) is 24.2. The van der Waals surface area contributed by atoms with Crippen LogP contribution in [0.4, 0.5) is 0 Å². The molecule has 27 heavy (non-hydrogen) atoms. The highest BCUT2D eigenvalue weighted by molar-refractivity contribution is 5.31. The van der Waals surface area contributed by atoms with E-state index in [0.717, 1.165) is 26.2 Å². The van der Waals surface area contributed by atoms with Crippen molar-refractivity contribution in [3.63, 3.8) is 0 Å².